The molecule has 1 aromatic heterocycles. The zero-order valence-corrected chi connectivity index (χ0v) is 9.68. The minimum atomic E-state index is -0.304. The van der Waals surface area contributed by atoms with Crippen molar-refractivity contribution in [1.82, 2.24) is 14.9 Å². The fourth-order valence-corrected chi connectivity index (χ4v) is 2.60. The van der Waals surface area contributed by atoms with Gasteiger partial charge in [0.2, 0.25) is 5.91 Å². The Morgan fingerprint density at radius 3 is 3.00 bits per heavy atom. The van der Waals surface area contributed by atoms with Crippen LogP contribution in [-0.4, -0.2) is 22.0 Å². The van der Waals surface area contributed by atoms with Crippen LogP contribution in [-0.2, 0) is 4.79 Å². The van der Waals surface area contributed by atoms with Gasteiger partial charge in [0.05, 0.1) is 17.1 Å². The van der Waals surface area contributed by atoms with E-state index in [1.807, 2.05) is 4.57 Å². The molecule has 1 atom stereocenters. The first-order valence-corrected chi connectivity index (χ1v) is 5.72. The summed E-state index contributed by atoms with van der Waals surface area (Å²) in [5.74, 6) is -0.283. The van der Waals surface area contributed by atoms with Crippen LogP contribution >= 0.6 is 12.2 Å². The van der Waals surface area contributed by atoms with Crippen molar-refractivity contribution in [3.63, 3.8) is 0 Å². The van der Waals surface area contributed by atoms with Gasteiger partial charge in [0, 0.05) is 13.0 Å². The molecule has 1 aliphatic heterocycles. The number of hydrogen-bond acceptors (Lipinski definition) is 2. The second-order valence-corrected chi connectivity index (χ2v) is 4.51. The van der Waals surface area contributed by atoms with E-state index in [1.165, 1.54) is 12.1 Å². The number of aromatic amines is 1. The maximum absolute atomic E-state index is 13.1. The van der Waals surface area contributed by atoms with Crippen LogP contribution in [0.4, 0.5) is 4.39 Å². The first-order chi connectivity index (χ1) is 8.15. The van der Waals surface area contributed by atoms with Gasteiger partial charge in [-0.25, -0.2) is 4.39 Å². The number of imidazole rings is 1. The Morgan fingerprint density at radius 1 is 1.47 bits per heavy atom. The monoisotopic (exact) mass is 251 g/mol. The SMILES string of the molecule is O=C1CC(n2c(=S)[nH]c3cc(F)ccc32)CN1. The molecule has 17 heavy (non-hydrogen) atoms. The van der Waals surface area contributed by atoms with Gasteiger partial charge in [-0.15, -0.1) is 0 Å². The summed E-state index contributed by atoms with van der Waals surface area (Å²) in [7, 11) is 0. The third-order valence-electron chi connectivity index (χ3n) is 3.00. The van der Waals surface area contributed by atoms with Gasteiger partial charge in [-0.1, -0.05) is 0 Å². The number of H-pyrrole nitrogens is 1. The Kier molecular flexibility index (Phi) is 2.25. The van der Waals surface area contributed by atoms with Crippen LogP contribution in [0.5, 0.6) is 0 Å². The van der Waals surface area contributed by atoms with E-state index in [0.717, 1.165) is 5.52 Å². The van der Waals surface area contributed by atoms with Crippen LogP contribution in [0.1, 0.15) is 12.5 Å². The molecular formula is C11H10FN3OS. The molecule has 1 fully saturated rings. The first kappa shape index (κ1) is 10.5. The zero-order valence-electron chi connectivity index (χ0n) is 8.87. The van der Waals surface area contributed by atoms with Crippen LogP contribution in [0.25, 0.3) is 11.0 Å². The smallest absolute Gasteiger partial charge is 0.222 e. The molecule has 0 spiro atoms. The molecular weight excluding hydrogens is 241 g/mol. The van der Waals surface area contributed by atoms with E-state index in [9.17, 15) is 9.18 Å². The maximum Gasteiger partial charge on any atom is 0.222 e. The molecule has 1 saturated heterocycles. The van der Waals surface area contributed by atoms with Crippen molar-refractivity contribution in [2.45, 2.75) is 12.5 Å². The third-order valence-corrected chi connectivity index (χ3v) is 3.30. The second kappa shape index (κ2) is 3.66. The predicted octanol–water partition coefficient (Wildman–Crippen LogP) is 1.90. The predicted molar refractivity (Wildman–Crippen MR) is 63.7 cm³/mol. The molecule has 0 radical (unpaired) electrons. The van der Waals surface area contributed by atoms with E-state index in [1.54, 1.807) is 6.07 Å². The van der Waals surface area contributed by atoms with E-state index in [-0.39, 0.29) is 17.8 Å². The van der Waals surface area contributed by atoms with Crippen molar-refractivity contribution in [1.29, 1.82) is 0 Å². The highest BCUT2D eigenvalue weighted by atomic mass is 32.1. The number of nitrogens with one attached hydrogen (secondary N) is 2. The lowest BCUT2D eigenvalue weighted by Crippen LogP contribution is -2.15. The molecule has 0 aliphatic carbocycles. The van der Waals surface area contributed by atoms with E-state index in [2.05, 4.69) is 10.3 Å². The Hall–Kier alpha value is -1.69. The normalized spacial score (nSPS) is 19.8. The highest BCUT2D eigenvalue weighted by Gasteiger charge is 2.24. The van der Waals surface area contributed by atoms with Crippen LogP contribution in [0, 0.1) is 10.6 Å². The summed E-state index contributed by atoms with van der Waals surface area (Å²) in [6, 6.07) is 4.49. The number of fused-ring (bicyclic) bond motifs is 1. The molecule has 0 bridgehead atoms. The Balaban J connectivity index is 2.19. The molecule has 4 nitrogen and oxygen atoms in total. The number of amides is 1. The van der Waals surface area contributed by atoms with Gasteiger partial charge in [-0.2, -0.15) is 0 Å². The second-order valence-electron chi connectivity index (χ2n) is 4.12. The number of carbonyl (C=O) groups is 1. The van der Waals surface area contributed by atoms with Gasteiger partial charge in [-0.05, 0) is 30.4 Å². The Labute approximate surface area is 101 Å². The van der Waals surface area contributed by atoms with Crippen molar-refractivity contribution in [3.05, 3.63) is 28.8 Å². The minimum absolute atomic E-state index is 0.00853. The molecule has 88 valence electrons. The molecule has 1 amide bonds. The molecule has 2 heterocycles. The maximum atomic E-state index is 13.1. The third kappa shape index (κ3) is 1.64. The van der Waals surface area contributed by atoms with E-state index in [0.29, 0.717) is 23.3 Å². The number of aromatic nitrogens is 2. The van der Waals surface area contributed by atoms with Gasteiger partial charge in [-0.3, -0.25) is 4.79 Å². The lowest BCUT2D eigenvalue weighted by Gasteiger charge is -2.10. The van der Waals surface area contributed by atoms with Crippen molar-refractivity contribution < 1.29 is 9.18 Å². The van der Waals surface area contributed by atoms with Gasteiger partial charge < -0.3 is 14.9 Å². The molecule has 0 saturated carbocycles. The average Bonchev–Trinajstić information content (AvgIpc) is 2.80. The van der Waals surface area contributed by atoms with E-state index < -0.39 is 0 Å². The van der Waals surface area contributed by atoms with Gasteiger partial charge in [0.1, 0.15) is 5.82 Å². The molecule has 6 heteroatoms. The Bertz CT molecular complexity index is 660. The number of carbonyl (C=O) groups excluding carboxylic acids is 1. The number of halogens is 1. The fourth-order valence-electron chi connectivity index (χ4n) is 2.24. The van der Waals surface area contributed by atoms with E-state index >= 15 is 0 Å². The van der Waals surface area contributed by atoms with E-state index in [4.69, 9.17) is 12.2 Å². The zero-order chi connectivity index (χ0) is 12.0. The Morgan fingerprint density at radius 2 is 2.29 bits per heavy atom. The van der Waals surface area contributed by atoms with Crippen LogP contribution in [0.3, 0.4) is 0 Å². The summed E-state index contributed by atoms with van der Waals surface area (Å²) < 4.78 is 15.5. The highest BCUT2D eigenvalue weighted by molar-refractivity contribution is 7.71. The van der Waals surface area contributed by atoms with Crippen LogP contribution in [0.15, 0.2) is 18.2 Å². The lowest BCUT2D eigenvalue weighted by molar-refractivity contribution is -0.119. The number of benzene rings is 1. The number of rotatable bonds is 1. The summed E-state index contributed by atoms with van der Waals surface area (Å²) >= 11 is 5.22. The molecule has 2 aromatic rings. The molecule has 2 N–H and O–H groups in total. The van der Waals surface area contributed by atoms with Crippen molar-refractivity contribution in [2.75, 3.05) is 6.54 Å². The van der Waals surface area contributed by atoms with Gasteiger partial charge >= 0.3 is 0 Å². The summed E-state index contributed by atoms with van der Waals surface area (Å²) in [6.45, 7) is 0.567. The highest BCUT2D eigenvalue weighted by Crippen LogP contribution is 2.24. The lowest BCUT2D eigenvalue weighted by atomic mass is 10.2. The van der Waals surface area contributed by atoms with Gasteiger partial charge in [0.25, 0.3) is 0 Å². The van der Waals surface area contributed by atoms with Crippen LogP contribution < -0.4 is 5.32 Å². The molecule has 1 aliphatic rings. The fraction of sp³-hybridized carbons (Fsp3) is 0.273. The molecule has 1 unspecified atom stereocenters. The van der Waals surface area contributed by atoms with Crippen LogP contribution in [0.2, 0.25) is 0 Å². The topological polar surface area (TPSA) is 49.8 Å². The number of nitrogens with zero attached hydrogens (tertiary/aromatic N) is 1. The molecule has 3 rings (SSSR count). The molecule has 1 aromatic carbocycles. The summed E-state index contributed by atoms with van der Waals surface area (Å²) in [5, 5.41) is 2.77. The quantitative estimate of drug-likeness (QED) is 0.760. The van der Waals surface area contributed by atoms with Gasteiger partial charge in [0.15, 0.2) is 4.77 Å². The summed E-state index contributed by atoms with van der Waals surface area (Å²) in [5.41, 5.74) is 1.49. The summed E-state index contributed by atoms with van der Waals surface area (Å²) in [6.07, 6.45) is 0.415. The number of hydrogen-bond donors (Lipinski definition) is 2. The first-order valence-electron chi connectivity index (χ1n) is 5.31. The summed E-state index contributed by atoms with van der Waals surface area (Å²) in [4.78, 5) is 14.2. The standard InChI is InChI=1S/C11H10FN3OS/c12-6-1-2-9-8(3-6)14-11(17)15(9)7-4-10(16)13-5-7/h1-3,7H,4-5H2,(H,13,16)(H,14,17). The average molecular weight is 251 g/mol. The largest absolute Gasteiger partial charge is 0.354 e. The minimum Gasteiger partial charge on any atom is -0.354 e. The van der Waals surface area contributed by atoms with Crippen molar-refractivity contribution in [3.8, 4) is 0 Å². The van der Waals surface area contributed by atoms with Crippen molar-refractivity contribution in [2.24, 2.45) is 0 Å². The van der Waals surface area contributed by atoms with Crippen molar-refractivity contribution >= 4 is 29.2 Å².